The SMILES string of the molecule is c1ccc2cc3cc4c(cc3cc2c1)oc1ccc2c3ccccc3[nH]c2c14. The minimum Gasteiger partial charge on any atom is -0.456 e. The number of benzene rings is 5. The second-order valence-electron chi connectivity index (χ2n) is 7.53. The smallest absolute Gasteiger partial charge is 0.137 e. The number of aromatic nitrogens is 1. The lowest BCUT2D eigenvalue weighted by Crippen LogP contribution is -1.77. The summed E-state index contributed by atoms with van der Waals surface area (Å²) in [5.74, 6) is 0. The molecule has 0 aliphatic carbocycles. The quantitative estimate of drug-likeness (QED) is 0.279. The molecule has 1 N–H and O–H groups in total. The second-order valence-corrected chi connectivity index (χ2v) is 7.53. The van der Waals surface area contributed by atoms with Gasteiger partial charge in [-0.25, -0.2) is 0 Å². The Labute approximate surface area is 160 Å². The molecule has 2 heterocycles. The van der Waals surface area contributed by atoms with Gasteiger partial charge in [-0.3, -0.25) is 0 Å². The minimum atomic E-state index is 0.925. The Morgan fingerprint density at radius 3 is 2.14 bits per heavy atom. The molecule has 2 heteroatoms. The normalized spacial score (nSPS) is 12.3. The summed E-state index contributed by atoms with van der Waals surface area (Å²) in [6, 6.07) is 30.2. The first-order valence-corrected chi connectivity index (χ1v) is 9.53. The zero-order chi connectivity index (χ0) is 18.2. The van der Waals surface area contributed by atoms with Crippen LogP contribution in [0.3, 0.4) is 0 Å². The van der Waals surface area contributed by atoms with E-state index in [1.165, 1.54) is 37.7 Å². The first kappa shape index (κ1) is 14.3. The highest BCUT2D eigenvalue weighted by Crippen LogP contribution is 2.39. The predicted molar refractivity (Wildman–Crippen MR) is 118 cm³/mol. The Hall–Kier alpha value is -3.78. The molecule has 0 bridgehead atoms. The molecule has 0 aliphatic heterocycles. The summed E-state index contributed by atoms with van der Waals surface area (Å²) in [4.78, 5) is 3.62. The lowest BCUT2D eigenvalue weighted by atomic mass is 10.0. The third-order valence-electron chi connectivity index (χ3n) is 5.94. The van der Waals surface area contributed by atoms with E-state index in [1.54, 1.807) is 0 Å². The van der Waals surface area contributed by atoms with Crippen LogP contribution in [0.5, 0.6) is 0 Å². The van der Waals surface area contributed by atoms with Crippen molar-refractivity contribution in [3.8, 4) is 0 Å². The van der Waals surface area contributed by atoms with Crippen molar-refractivity contribution in [3.63, 3.8) is 0 Å². The van der Waals surface area contributed by atoms with Gasteiger partial charge in [-0.05, 0) is 64.0 Å². The monoisotopic (exact) mass is 357 g/mol. The molecule has 5 aromatic carbocycles. The zero-order valence-corrected chi connectivity index (χ0v) is 15.0. The van der Waals surface area contributed by atoms with Crippen LogP contribution < -0.4 is 0 Å². The number of para-hydroxylation sites is 1. The molecule has 7 aromatic rings. The van der Waals surface area contributed by atoms with Gasteiger partial charge in [0, 0.05) is 21.7 Å². The summed E-state index contributed by atoms with van der Waals surface area (Å²) in [6.07, 6.45) is 0. The average Bonchev–Trinajstić information content (AvgIpc) is 3.27. The number of H-pyrrole nitrogens is 1. The van der Waals surface area contributed by atoms with Crippen LogP contribution in [-0.2, 0) is 0 Å². The van der Waals surface area contributed by atoms with Crippen molar-refractivity contribution in [2.75, 3.05) is 0 Å². The van der Waals surface area contributed by atoms with Crippen LogP contribution in [0.4, 0.5) is 0 Å². The van der Waals surface area contributed by atoms with Gasteiger partial charge < -0.3 is 9.40 Å². The number of nitrogens with one attached hydrogen (secondary N) is 1. The van der Waals surface area contributed by atoms with Gasteiger partial charge in [0.05, 0.1) is 10.9 Å². The molecule has 2 nitrogen and oxygen atoms in total. The summed E-state index contributed by atoms with van der Waals surface area (Å²) in [5, 5.41) is 9.78. The summed E-state index contributed by atoms with van der Waals surface area (Å²) < 4.78 is 6.26. The van der Waals surface area contributed by atoms with Crippen LogP contribution in [0.25, 0.3) is 65.3 Å². The molecular formula is C26H15NO. The molecule has 2 aromatic heterocycles. The van der Waals surface area contributed by atoms with Crippen molar-refractivity contribution in [2.24, 2.45) is 0 Å². The maximum absolute atomic E-state index is 6.26. The van der Waals surface area contributed by atoms with E-state index in [-0.39, 0.29) is 0 Å². The number of aromatic amines is 1. The standard InChI is InChI=1S/C26H15NO/c1-2-6-16-12-18-14-24-21(13-17(18)11-15(16)5-1)25-23(28-24)10-9-20-19-7-3-4-8-22(19)27-26(20)25/h1-14,27H. The molecule has 0 saturated heterocycles. The molecule has 0 saturated carbocycles. The minimum absolute atomic E-state index is 0.925. The molecule has 0 unspecified atom stereocenters. The van der Waals surface area contributed by atoms with Gasteiger partial charge in [-0.15, -0.1) is 0 Å². The fourth-order valence-electron chi connectivity index (χ4n) is 4.62. The highest BCUT2D eigenvalue weighted by molar-refractivity contribution is 6.24. The van der Waals surface area contributed by atoms with Crippen molar-refractivity contribution in [2.45, 2.75) is 0 Å². The van der Waals surface area contributed by atoms with Gasteiger partial charge in [0.15, 0.2) is 0 Å². The van der Waals surface area contributed by atoms with Crippen molar-refractivity contribution in [3.05, 3.63) is 84.9 Å². The summed E-state index contributed by atoms with van der Waals surface area (Å²) in [5.41, 5.74) is 4.17. The van der Waals surface area contributed by atoms with Gasteiger partial charge in [0.1, 0.15) is 11.2 Å². The molecule has 0 amide bonds. The van der Waals surface area contributed by atoms with Crippen molar-refractivity contribution < 1.29 is 4.42 Å². The first-order chi connectivity index (χ1) is 13.8. The van der Waals surface area contributed by atoms with Crippen LogP contribution in [0.2, 0.25) is 0 Å². The Morgan fingerprint density at radius 2 is 1.29 bits per heavy atom. The number of fused-ring (bicyclic) bond motifs is 9. The molecule has 0 fully saturated rings. The van der Waals surface area contributed by atoms with Crippen LogP contribution in [0.1, 0.15) is 0 Å². The van der Waals surface area contributed by atoms with Gasteiger partial charge >= 0.3 is 0 Å². The van der Waals surface area contributed by atoms with Crippen molar-refractivity contribution >= 4 is 65.3 Å². The predicted octanol–water partition coefficient (Wildman–Crippen LogP) is 7.53. The van der Waals surface area contributed by atoms with Crippen LogP contribution in [-0.4, -0.2) is 4.98 Å². The molecule has 0 spiro atoms. The molecular weight excluding hydrogens is 342 g/mol. The number of hydrogen-bond donors (Lipinski definition) is 1. The topological polar surface area (TPSA) is 28.9 Å². The van der Waals surface area contributed by atoms with E-state index in [2.05, 4.69) is 89.9 Å². The van der Waals surface area contributed by atoms with Crippen LogP contribution in [0, 0.1) is 0 Å². The second kappa shape index (κ2) is 4.93. The molecule has 0 radical (unpaired) electrons. The van der Waals surface area contributed by atoms with Gasteiger partial charge in [0.2, 0.25) is 0 Å². The summed E-state index contributed by atoms with van der Waals surface area (Å²) in [7, 11) is 0. The van der Waals surface area contributed by atoms with Gasteiger partial charge in [-0.2, -0.15) is 0 Å². The largest absolute Gasteiger partial charge is 0.456 e. The van der Waals surface area contributed by atoms with E-state index in [4.69, 9.17) is 4.42 Å². The summed E-state index contributed by atoms with van der Waals surface area (Å²) in [6.45, 7) is 0. The Balaban J connectivity index is 1.68. The maximum Gasteiger partial charge on any atom is 0.137 e. The van der Waals surface area contributed by atoms with Crippen molar-refractivity contribution in [1.82, 2.24) is 4.98 Å². The van der Waals surface area contributed by atoms with Crippen LogP contribution in [0.15, 0.2) is 89.3 Å². The van der Waals surface area contributed by atoms with E-state index in [9.17, 15) is 0 Å². The number of furan rings is 1. The molecule has 0 aliphatic rings. The van der Waals surface area contributed by atoms with Gasteiger partial charge in [0.25, 0.3) is 0 Å². The molecule has 28 heavy (non-hydrogen) atoms. The fraction of sp³-hybridized carbons (Fsp3) is 0. The third-order valence-corrected chi connectivity index (χ3v) is 5.94. The molecule has 0 atom stereocenters. The van der Waals surface area contributed by atoms with Crippen molar-refractivity contribution in [1.29, 1.82) is 0 Å². The lowest BCUT2D eigenvalue weighted by molar-refractivity contribution is 0.670. The van der Waals surface area contributed by atoms with E-state index in [0.29, 0.717) is 0 Å². The maximum atomic E-state index is 6.26. The lowest BCUT2D eigenvalue weighted by Gasteiger charge is -2.02. The number of rotatable bonds is 0. The fourth-order valence-corrected chi connectivity index (χ4v) is 4.62. The van der Waals surface area contributed by atoms with E-state index in [1.807, 2.05) is 0 Å². The first-order valence-electron chi connectivity index (χ1n) is 9.53. The van der Waals surface area contributed by atoms with Crippen LogP contribution >= 0.6 is 0 Å². The zero-order valence-electron chi connectivity index (χ0n) is 15.0. The Kier molecular flexibility index (Phi) is 2.52. The highest BCUT2D eigenvalue weighted by Gasteiger charge is 2.14. The van der Waals surface area contributed by atoms with E-state index >= 15 is 0 Å². The van der Waals surface area contributed by atoms with Gasteiger partial charge in [-0.1, -0.05) is 42.5 Å². The molecule has 130 valence electrons. The third kappa shape index (κ3) is 1.77. The van der Waals surface area contributed by atoms with E-state index < -0.39 is 0 Å². The summed E-state index contributed by atoms with van der Waals surface area (Å²) >= 11 is 0. The average molecular weight is 357 g/mol. The highest BCUT2D eigenvalue weighted by atomic mass is 16.3. The van der Waals surface area contributed by atoms with E-state index in [0.717, 1.165) is 27.6 Å². The number of hydrogen-bond acceptors (Lipinski definition) is 1. The Bertz CT molecular complexity index is 1720. The molecule has 7 rings (SSSR count). The Morgan fingerprint density at radius 1 is 0.536 bits per heavy atom.